The molecule has 6 heteroatoms. The fourth-order valence-corrected chi connectivity index (χ4v) is 4.03. The first-order valence-electron chi connectivity index (χ1n) is 11.6. The first-order valence-corrected chi connectivity index (χ1v) is 11.9. The Kier molecular flexibility index (Phi) is 9.92. The number of anilines is 1. The zero-order valence-electron chi connectivity index (χ0n) is 19.5. The Labute approximate surface area is 205 Å². The van der Waals surface area contributed by atoms with Gasteiger partial charge in [-0.2, -0.15) is 0 Å². The molecule has 34 heavy (non-hydrogen) atoms. The van der Waals surface area contributed by atoms with Crippen LogP contribution in [0.1, 0.15) is 48.4 Å². The Balaban J connectivity index is 1.65. The highest BCUT2D eigenvalue weighted by Crippen LogP contribution is 2.35. The predicted octanol–water partition coefficient (Wildman–Crippen LogP) is 7.05. The second kappa shape index (κ2) is 13.1. The normalized spacial score (nSPS) is 10.9. The van der Waals surface area contributed by atoms with Crippen LogP contribution >= 0.6 is 11.6 Å². The molecule has 0 aliphatic rings. The summed E-state index contributed by atoms with van der Waals surface area (Å²) in [5.41, 5.74) is 12.1. The van der Waals surface area contributed by atoms with Gasteiger partial charge in [0.05, 0.1) is 6.61 Å². The van der Waals surface area contributed by atoms with Crippen LogP contribution in [0.2, 0.25) is 5.02 Å². The predicted molar refractivity (Wildman–Crippen MR) is 135 cm³/mol. The smallest absolute Gasteiger partial charge is 0.306 e. The summed E-state index contributed by atoms with van der Waals surface area (Å²) < 4.78 is 24.7. The number of unbranched alkanes of at least 4 members (excludes halogenated alkanes) is 1. The number of benzene rings is 3. The molecule has 3 rings (SSSR count). The van der Waals surface area contributed by atoms with Gasteiger partial charge >= 0.3 is 5.97 Å². The van der Waals surface area contributed by atoms with E-state index in [1.54, 1.807) is 18.2 Å². The molecule has 0 aliphatic carbocycles. The lowest BCUT2D eigenvalue weighted by molar-refractivity contribution is -0.145. The lowest BCUT2D eigenvalue weighted by Crippen LogP contribution is -2.07. The molecule has 0 heterocycles. The van der Waals surface area contributed by atoms with Crippen LogP contribution in [-0.2, 0) is 40.6 Å². The summed E-state index contributed by atoms with van der Waals surface area (Å²) in [7, 11) is 0. The SMILES string of the molecule is CCOCc1c(-c2cc(Cl)ccc2CF)ccc(CCCCC(=O)OCc2ccccc2)c1N. The van der Waals surface area contributed by atoms with Gasteiger partial charge in [-0.25, -0.2) is 4.39 Å². The second-order valence-corrected chi connectivity index (χ2v) is 8.53. The van der Waals surface area contributed by atoms with Gasteiger partial charge in [-0.1, -0.05) is 60.1 Å². The number of nitrogens with two attached hydrogens (primary N) is 1. The minimum absolute atomic E-state index is 0.205. The van der Waals surface area contributed by atoms with Gasteiger partial charge in [0.15, 0.2) is 0 Å². The molecular formula is C28H31ClFNO3. The molecule has 180 valence electrons. The molecule has 0 amide bonds. The van der Waals surface area contributed by atoms with E-state index in [1.165, 1.54) is 0 Å². The third-order valence-corrected chi connectivity index (χ3v) is 5.96. The zero-order valence-corrected chi connectivity index (χ0v) is 20.2. The topological polar surface area (TPSA) is 61.5 Å². The molecule has 0 saturated carbocycles. The van der Waals surface area contributed by atoms with E-state index in [-0.39, 0.29) is 5.97 Å². The minimum Gasteiger partial charge on any atom is -0.461 e. The average Bonchev–Trinajstić information content (AvgIpc) is 2.86. The van der Waals surface area contributed by atoms with E-state index in [1.807, 2.05) is 49.4 Å². The van der Waals surface area contributed by atoms with Crippen LogP contribution in [0.25, 0.3) is 11.1 Å². The van der Waals surface area contributed by atoms with E-state index < -0.39 is 6.67 Å². The summed E-state index contributed by atoms with van der Waals surface area (Å²) in [4.78, 5) is 12.1. The van der Waals surface area contributed by atoms with Gasteiger partial charge in [0.25, 0.3) is 0 Å². The van der Waals surface area contributed by atoms with Crippen molar-refractivity contribution in [1.82, 2.24) is 0 Å². The molecular weight excluding hydrogens is 453 g/mol. The Hall–Kier alpha value is -2.89. The molecule has 2 N–H and O–H groups in total. The van der Waals surface area contributed by atoms with Crippen molar-refractivity contribution >= 4 is 23.3 Å². The van der Waals surface area contributed by atoms with Gasteiger partial charge in [-0.05, 0) is 66.1 Å². The van der Waals surface area contributed by atoms with Gasteiger partial charge in [0, 0.05) is 29.3 Å². The van der Waals surface area contributed by atoms with Gasteiger partial charge in [0.1, 0.15) is 13.3 Å². The Morgan fingerprint density at radius 3 is 2.47 bits per heavy atom. The van der Waals surface area contributed by atoms with Crippen molar-refractivity contribution in [2.45, 2.75) is 52.5 Å². The number of rotatable bonds is 12. The van der Waals surface area contributed by atoms with E-state index >= 15 is 0 Å². The minimum atomic E-state index is -0.595. The summed E-state index contributed by atoms with van der Waals surface area (Å²) >= 11 is 6.20. The largest absolute Gasteiger partial charge is 0.461 e. The summed E-state index contributed by atoms with van der Waals surface area (Å²) in [6, 6.07) is 18.7. The fraction of sp³-hybridized carbons (Fsp3) is 0.321. The van der Waals surface area contributed by atoms with Crippen LogP contribution in [0.15, 0.2) is 60.7 Å². The van der Waals surface area contributed by atoms with Crippen molar-refractivity contribution in [3.8, 4) is 11.1 Å². The quantitative estimate of drug-likeness (QED) is 0.170. The van der Waals surface area contributed by atoms with Crippen LogP contribution in [0.5, 0.6) is 0 Å². The standard InChI is InChI=1S/C28H31ClFNO3/c1-2-33-19-26-24(25-16-23(29)14-12-22(25)17-30)15-13-21(28(26)31)10-6-7-11-27(32)34-18-20-8-4-3-5-9-20/h3-5,8-9,12-16H,2,6-7,10-11,17-19,31H2,1H3. The number of esters is 1. The first-order chi connectivity index (χ1) is 16.5. The summed E-state index contributed by atoms with van der Waals surface area (Å²) in [6.45, 7) is 2.49. The molecule has 0 fully saturated rings. The van der Waals surface area contributed by atoms with Crippen molar-refractivity contribution in [1.29, 1.82) is 0 Å². The first kappa shape index (κ1) is 25.7. The molecule has 0 atom stereocenters. The van der Waals surface area contributed by atoms with Gasteiger partial charge in [-0.15, -0.1) is 0 Å². The van der Waals surface area contributed by atoms with Crippen molar-refractivity contribution in [3.63, 3.8) is 0 Å². The van der Waals surface area contributed by atoms with Gasteiger partial charge in [0.2, 0.25) is 0 Å². The summed E-state index contributed by atoms with van der Waals surface area (Å²) in [5, 5.41) is 0.538. The number of carbonyl (C=O) groups is 1. The van der Waals surface area contributed by atoms with E-state index in [2.05, 4.69) is 0 Å². The monoisotopic (exact) mass is 483 g/mol. The molecule has 0 unspecified atom stereocenters. The third kappa shape index (κ3) is 7.05. The Morgan fingerprint density at radius 1 is 0.971 bits per heavy atom. The van der Waals surface area contributed by atoms with E-state index in [4.69, 9.17) is 26.8 Å². The highest BCUT2D eigenvalue weighted by atomic mass is 35.5. The summed E-state index contributed by atoms with van der Waals surface area (Å²) in [6.07, 6.45) is 2.59. The van der Waals surface area contributed by atoms with Crippen LogP contribution in [0.4, 0.5) is 10.1 Å². The van der Waals surface area contributed by atoms with Crippen molar-refractivity contribution in [2.75, 3.05) is 12.3 Å². The number of hydrogen-bond acceptors (Lipinski definition) is 4. The van der Waals surface area contributed by atoms with Crippen LogP contribution in [0.3, 0.4) is 0 Å². The van der Waals surface area contributed by atoms with E-state index in [9.17, 15) is 9.18 Å². The number of carbonyl (C=O) groups excluding carboxylic acids is 1. The highest BCUT2D eigenvalue weighted by molar-refractivity contribution is 6.30. The maximum atomic E-state index is 13.6. The molecule has 3 aromatic rings. The molecule has 0 aliphatic heterocycles. The third-order valence-electron chi connectivity index (χ3n) is 5.72. The summed E-state index contributed by atoms with van der Waals surface area (Å²) in [5.74, 6) is -0.205. The Bertz CT molecular complexity index is 1090. The number of alkyl halides is 1. The molecule has 0 spiro atoms. The molecule has 0 radical (unpaired) electrons. The van der Waals surface area contributed by atoms with Crippen LogP contribution in [0, 0.1) is 0 Å². The molecule has 0 aromatic heterocycles. The molecule has 0 saturated heterocycles. The van der Waals surface area contributed by atoms with Crippen LogP contribution < -0.4 is 5.73 Å². The number of halogens is 2. The average molecular weight is 484 g/mol. The highest BCUT2D eigenvalue weighted by Gasteiger charge is 2.16. The zero-order chi connectivity index (χ0) is 24.3. The lowest BCUT2D eigenvalue weighted by atomic mass is 9.91. The second-order valence-electron chi connectivity index (χ2n) is 8.09. The van der Waals surface area contributed by atoms with Crippen molar-refractivity contribution in [2.24, 2.45) is 0 Å². The van der Waals surface area contributed by atoms with Gasteiger partial charge in [-0.3, -0.25) is 4.79 Å². The molecule has 3 aromatic carbocycles. The van der Waals surface area contributed by atoms with Crippen molar-refractivity contribution < 1.29 is 18.7 Å². The Morgan fingerprint density at radius 2 is 1.74 bits per heavy atom. The molecule has 0 bridgehead atoms. The molecule has 4 nitrogen and oxygen atoms in total. The number of nitrogen functional groups attached to an aromatic ring is 1. The number of hydrogen-bond donors (Lipinski definition) is 1. The maximum Gasteiger partial charge on any atom is 0.306 e. The van der Waals surface area contributed by atoms with Crippen molar-refractivity contribution in [3.05, 3.63) is 87.9 Å². The van der Waals surface area contributed by atoms with E-state index in [0.29, 0.717) is 48.9 Å². The number of ether oxygens (including phenoxy) is 2. The lowest BCUT2D eigenvalue weighted by Gasteiger charge is -2.18. The number of aryl methyl sites for hydroxylation is 1. The van der Waals surface area contributed by atoms with Gasteiger partial charge < -0.3 is 15.2 Å². The van der Waals surface area contributed by atoms with Crippen LogP contribution in [-0.4, -0.2) is 12.6 Å². The van der Waals surface area contributed by atoms with E-state index in [0.717, 1.165) is 40.7 Å². The maximum absolute atomic E-state index is 13.6. The fourth-order valence-electron chi connectivity index (χ4n) is 3.85.